The molecule has 0 aliphatic heterocycles. The maximum absolute atomic E-state index is 6.85. The first-order valence-corrected chi connectivity index (χ1v) is 17.0. The van der Waals surface area contributed by atoms with Gasteiger partial charge in [0.05, 0.1) is 5.41 Å². The van der Waals surface area contributed by atoms with E-state index >= 15 is 0 Å². The molecule has 7 aromatic carbocycles. The smallest absolute Gasteiger partial charge is 0.164 e. The fourth-order valence-electron chi connectivity index (χ4n) is 8.57. The fourth-order valence-corrected chi connectivity index (χ4v) is 8.57. The fraction of sp³-hybridized carbons (Fsp3) is 0.0217. The summed E-state index contributed by atoms with van der Waals surface area (Å²) in [5, 5.41) is 2.26. The first-order valence-electron chi connectivity index (χ1n) is 17.0. The molecule has 4 nitrogen and oxygen atoms in total. The van der Waals surface area contributed by atoms with Gasteiger partial charge in [0.15, 0.2) is 17.5 Å². The van der Waals surface area contributed by atoms with Crippen LogP contribution >= 0.6 is 0 Å². The molecule has 0 radical (unpaired) electrons. The van der Waals surface area contributed by atoms with Gasteiger partial charge in [0.1, 0.15) is 11.2 Å². The van der Waals surface area contributed by atoms with Crippen LogP contribution in [0.2, 0.25) is 0 Å². The van der Waals surface area contributed by atoms with Crippen molar-refractivity contribution < 1.29 is 4.42 Å². The molecule has 232 valence electrons. The SMILES string of the molecule is c1ccc(-c2nc(-c3ccccc3)nc(-c3cccc4c3-c3ccccc3C43c4ccccc4-c4ccc5c(oc6ccccc65)c43)n2)cc1. The maximum Gasteiger partial charge on any atom is 0.164 e. The molecule has 0 saturated carbocycles. The summed E-state index contributed by atoms with van der Waals surface area (Å²) in [6.45, 7) is 0. The molecule has 0 N–H and O–H groups in total. The van der Waals surface area contributed by atoms with E-state index in [1.54, 1.807) is 0 Å². The molecule has 0 bridgehead atoms. The van der Waals surface area contributed by atoms with Crippen molar-refractivity contribution in [3.8, 4) is 56.4 Å². The second-order valence-electron chi connectivity index (χ2n) is 13.1. The normalized spacial score (nSPS) is 15.3. The highest BCUT2D eigenvalue weighted by Crippen LogP contribution is 2.65. The maximum atomic E-state index is 6.85. The number of rotatable bonds is 3. The van der Waals surface area contributed by atoms with Crippen molar-refractivity contribution in [1.82, 2.24) is 15.0 Å². The van der Waals surface area contributed by atoms with E-state index in [-0.39, 0.29) is 0 Å². The van der Waals surface area contributed by atoms with E-state index in [1.807, 2.05) is 42.5 Å². The lowest BCUT2D eigenvalue weighted by Crippen LogP contribution is -2.26. The van der Waals surface area contributed by atoms with Crippen LogP contribution in [-0.4, -0.2) is 15.0 Å². The highest BCUT2D eigenvalue weighted by Gasteiger charge is 2.54. The van der Waals surface area contributed by atoms with Crippen LogP contribution < -0.4 is 0 Å². The van der Waals surface area contributed by atoms with E-state index in [2.05, 4.69) is 121 Å². The van der Waals surface area contributed by atoms with Gasteiger partial charge in [-0.1, -0.05) is 152 Å². The standard InChI is InChI=1S/C46H27N3O/c1-3-14-28(15-4-1)43-47-44(29-16-5-2-6-17-29)49-45(48-43)35-21-13-24-38-40(35)34-20-8-11-23-37(34)46(38)36-22-10-7-18-30(36)32-26-27-33-31-19-9-12-25-39(31)50-42(33)41(32)46/h1-27H. The van der Waals surface area contributed by atoms with Crippen molar-refractivity contribution in [3.63, 3.8) is 0 Å². The number of benzene rings is 7. The molecule has 1 atom stereocenters. The van der Waals surface area contributed by atoms with E-state index in [9.17, 15) is 0 Å². The van der Waals surface area contributed by atoms with Crippen molar-refractivity contribution in [2.75, 3.05) is 0 Å². The van der Waals surface area contributed by atoms with E-state index in [0.717, 1.165) is 44.2 Å². The van der Waals surface area contributed by atoms with Crippen LogP contribution in [0.4, 0.5) is 0 Å². The van der Waals surface area contributed by atoms with Gasteiger partial charge >= 0.3 is 0 Å². The molecule has 2 aliphatic carbocycles. The minimum atomic E-state index is -0.598. The summed E-state index contributed by atoms with van der Waals surface area (Å²) in [7, 11) is 0. The third-order valence-corrected chi connectivity index (χ3v) is 10.6. The lowest BCUT2D eigenvalue weighted by molar-refractivity contribution is 0.652. The minimum Gasteiger partial charge on any atom is -0.456 e. The van der Waals surface area contributed by atoms with Gasteiger partial charge in [0.2, 0.25) is 0 Å². The third kappa shape index (κ3) is 3.57. The summed E-state index contributed by atoms with van der Waals surface area (Å²) in [5.41, 5.74) is 13.8. The lowest BCUT2D eigenvalue weighted by atomic mass is 9.70. The zero-order valence-corrected chi connectivity index (χ0v) is 26.8. The number of hydrogen-bond acceptors (Lipinski definition) is 4. The van der Waals surface area contributed by atoms with Crippen LogP contribution in [0.1, 0.15) is 22.3 Å². The van der Waals surface area contributed by atoms with Gasteiger partial charge in [-0.15, -0.1) is 0 Å². The van der Waals surface area contributed by atoms with Gasteiger partial charge in [-0.05, 0) is 51.1 Å². The zero-order chi connectivity index (χ0) is 32.8. The third-order valence-electron chi connectivity index (χ3n) is 10.6. The summed E-state index contributed by atoms with van der Waals surface area (Å²) in [6, 6.07) is 57.6. The zero-order valence-electron chi connectivity index (χ0n) is 26.8. The Morgan fingerprint density at radius 3 is 1.68 bits per heavy atom. The highest BCUT2D eigenvalue weighted by atomic mass is 16.3. The number of furan rings is 1. The predicted octanol–water partition coefficient (Wildman–Crippen LogP) is 11.1. The topological polar surface area (TPSA) is 51.8 Å². The molecule has 4 heteroatoms. The van der Waals surface area contributed by atoms with Crippen LogP contribution in [0.5, 0.6) is 0 Å². The second-order valence-corrected chi connectivity index (χ2v) is 13.1. The first kappa shape index (κ1) is 27.3. The number of fused-ring (bicyclic) bond motifs is 14. The highest BCUT2D eigenvalue weighted by molar-refractivity contribution is 6.11. The van der Waals surface area contributed by atoms with Crippen LogP contribution in [0.15, 0.2) is 168 Å². The Labute approximate surface area is 288 Å². The van der Waals surface area contributed by atoms with Crippen LogP contribution in [0.25, 0.3) is 78.4 Å². The number of nitrogens with zero attached hydrogens (tertiary/aromatic N) is 3. The van der Waals surface area contributed by atoms with E-state index in [1.165, 1.54) is 38.9 Å². The van der Waals surface area contributed by atoms with Crippen molar-refractivity contribution in [2.24, 2.45) is 0 Å². The lowest BCUT2D eigenvalue weighted by Gasteiger charge is -2.30. The molecule has 2 heterocycles. The van der Waals surface area contributed by atoms with Gasteiger partial charge in [-0.25, -0.2) is 15.0 Å². The molecule has 2 aliphatic rings. The van der Waals surface area contributed by atoms with Gasteiger partial charge < -0.3 is 4.42 Å². The quantitative estimate of drug-likeness (QED) is 0.193. The Morgan fingerprint density at radius 1 is 0.380 bits per heavy atom. The van der Waals surface area contributed by atoms with Crippen molar-refractivity contribution in [1.29, 1.82) is 0 Å². The van der Waals surface area contributed by atoms with Crippen LogP contribution in [0, 0.1) is 0 Å². The summed E-state index contributed by atoms with van der Waals surface area (Å²) < 4.78 is 6.85. The Morgan fingerprint density at radius 2 is 0.940 bits per heavy atom. The second kappa shape index (κ2) is 10.2. The minimum absolute atomic E-state index is 0.598. The van der Waals surface area contributed by atoms with Crippen molar-refractivity contribution >= 4 is 21.9 Å². The first-order chi connectivity index (χ1) is 24.8. The number of aromatic nitrogens is 3. The van der Waals surface area contributed by atoms with E-state index in [4.69, 9.17) is 19.4 Å². The molecule has 1 unspecified atom stereocenters. The van der Waals surface area contributed by atoms with Gasteiger partial charge in [0, 0.05) is 33.0 Å². The molecule has 0 fully saturated rings. The molecule has 0 saturated heterocycles. The van der Waals surface area contributed by atoms with Crippen molar-refractivity contribution in [2.45, 2.75) is 5.41 Å². The summed E-state index contributed by atoms with van der Waals surface area (Å²) in [6.07, 6.45) is 0. The monoisotopic (exact) mass is 637 g/mol. The molecule has 50 heavy (non-hydrogen) atoms. The average Bonchev–Trinajstić information content (AvgIpc) is 3.82. The predicted molar refractivity (Wildman–Crippen MR) is 200 cm³/mol. The molecule has 11 rings (SSSR count). The molecule has 0 amide bonds. The molecule has 2 aromatic heterocycles. The van der Waals surface area contributed by atoms with E-state index < -0.39 is 5.41 Å². The van der Waals surface area contributed by atoms with Gasteiger partial charge in [-0.2, -0.15) is 0 Å². The Bertz CT molecular complexity index is 2760. The molecular weight excluding hydrogens is 611 g/mol. The number of hydrogen-bond donors (Lipinski definition) is 0. The summed E-state index contributed by atoms with van der Waals surface area (Å²) in [5.74, 6) is 1.94. The molecular formula is C46H27N3O. The molecule has 9 aromatic rings. The Kier molecular flexibility index (Phi) is 5.56. The summed E-state index contributed by atoms with van der Waals surface area (Å²) in [4.78, 5) is 15.4. The van der Waals surface area contributed by atoms with Crippen LogP contribution in [-0.2, 0) is 5.41 Å². The largest absolute Gasteiger partial charge is 0.456 e. The molecule has 1 spiro atoms. The van der Waals surface area contributed by atoms with Crippen molar-refractivity contribution in [3.05, 3.63) is 186 Å². The van der Waals surface area contributed by atoms with Crippen LogP contribution in [0.3, 0.4) is 0 Å². The van der Waals surface area contributed by atoms with Gasteiger partial charge in [0.25, 0.3) is 0 Å². The number of para-hydroxylation sites is 1. The van der Waals surface area contributed by atoms with E-state index in [0.29, 0.717) is 17.5 Å². The average molecular weight is 638 g/mol. The van der Waals surface area contributed by atoms with Gasteiger partial charge in [-0.3, -0.25) is 0 Å². The Hall–Kier alpha value is -6.65. The summed E-state index contributed by atoms with van der Waals surface area (Å²) >= 11 is 0. The Balaban J connectivity index is 1.26.